The summed E-state index contributed by atoms with van der Waals surface area (Å²) < 4.78 is 28.2. The highest BCUT2D eigenvalue weighted by molar-refractivity contribution is 9.10. The molecule has 114 valence electrons. The number of rotatable bonds is 7. The second-order valence-electron chi connectivity index (χ2n) is 5.12. The lowest BCUT2D eigenvalue weighted by Crippen LogP contribution is -2.28. The summed E-state index contributed by atoms with van der Waals surface area (Å²) in [5.74, 6) is 0.324. The fraction of sp³-hybridized carbons (Fsp3) is 0.571. The monoisotopic (exact) mass is 362 g/mol. The molecule has 0 saturated heterocycles. The van der Waals surface area contributed by atoms with Gasteiger partial charge in [-0.15, -0.1) is 0 Å². The zero-order valence-corrected chi connectivity index (χ0v) is 14.9. The minimum Gasteiger partial charge on any atom is -0.316 e. The van der Waals surface area contributed by atoms with Crippen molar-refractivity contribution >= 4 is 26.0 Å². The van der Waals surface area contributed by atoms with Gasteiger partial charge in [-0.2, -0.15) is 0 Å². The molecule has 2 N–H and O–H groups in total. The number of nitrogens with one attached hydrogen (secondary N) is 2. The number of sulfonamides is 1. The summed E-state index contributed by atoms with van der Waals surface area (Å²) >= 11 is 3.39. The van der Waals surface area contributed by atoms with Crippen LogP contribution in [-0.2, 0) is 16.6 Å². The van der Waals surface area contributed by atoms with Crippen LogP contribution in [0.1, 0.15) is 31.4 Å². The summed E-state index contributed by atoms with van der Waals surface area (Å²) in [6.07, 6.45) is 0.947. The third-order valence-corrected chi connectivity index (χ3v) is 6.03. The van der Waals surface area contributed by atoms with Crippen LogP contribution in [0.4, 0.5) is 0 Å². The van der Waals surface area contributed by atoms with E-state index in [1.165, 1.54) is 0 Å². The maximum absolute atomic E-state index is 12.4. The molecule has 0 amide bonds. The summed E-state index contributed by atoms with van der Waals surface area (Å²) in [5, 5.41) is 3.04. The Kier molecular flexibility index (Phi) is 6.64. The number of halogens is 1. The van der Waals surface area contributed by atoms with Crippen molar-refractivity contribution < 1.29 is 8.42 Å². The zero-order chi connectivity index (χ0) is 15.3. The Balaban J connectivity index is 3.10. The van der Waals surface area contributed by atoms with Crippen LogP contribution in [0.25, 0.3) is 0 Å². The lowest BCUT2D eigenvalue weighted by atomic mass is 10.1. The molecule has 1 atom stereocenters. The molecule has 0 bridgehead atoms. The Morgan fingerprint density at radius 3 is 2.55 bits per heavy atom. The molecule has 1 unspecified atom stereocenters. The fourth-order valence-corrected chi connectivity index (χ4v) is 4.02. The van der Waals surface area contributed by atoms with E-state index in [0.717, 1.165) is 17.5 Å². The summed E-state index contributed by atoms with van der Waals surface area (Å²) in [5.41, 5.74) is 1.87. The van der Waals surface area contributed by atoms with Crippen LogP contribution in [0.15, 0.2) is 21.5 Å². The van der Waals surface area contributed by atoms with E-state index in [2.05, 4.69) is 26.0 Å². The molecule has 1 rings (SSSR count). The molecule has 0 aliphatic carbocycles. The molecule has 6 heteroatoms. The highest BCUT2D eigenvalue weighted by Crippen LogP contribution is 2.27. The maximum Gasteiger partial charge on any atom is 0.241 e. The van der Waals surface area contributed by atoms with Crippen molar-refractivity contribution in [2.45, 2.75) is 38.6 Å². The predicted octanol–water partition coefficient (Wildman–Crippen LogP) is 2.80. The van der Waals surface area contributed by atoms with E-state index in [4.69, 9.17) is 0 Å². The highest BCUT2D eigenvalue weighted by Gasteiger charge is 2.20. The molecule has 0 aliphatic rings. The summed E-state index contributed by atoms with van der Waals surface area (Å²) in [6, 6.07) is 3.70. The summed E-state index contributed by atoms with van der Waals surface area (Å²) in [6.45, 7) is 7.08. The molecule has 0 fully saturated rings. The van der Waals surface area contributed by atoms with E-state index < -0.39 is 10.0 Å². The van der Waals surface area contributed by atoms with Crippen LogP contribution in [0.3, 0.4) is 0 Å². The van der Waals surface area contributed by atoms with Gasteiger partial charge in [0.1, 0.15) is 0 Å². The van der Waals surface area contributed by atoms with Crippen LogP contribution >= 0.6 is 15.9 Å². The maximum atomic E-state index is 12.4. The van der Waals surface area contributed by atoms with Gasteiger partial charge in [0.15, 0.2) is 0 Å². The van der Waals surface area contributed by atoms with Crippen molar-refractivity contribution in [2.75, 3.05) is 13.6 Å². The second-order valence-corrected chi connectivity index (χ2v) is 7.65. The average molecular weight is 363 g/mol. The van der Waals surface area contributed by atoms with Crippen LogP contribution in [0.5, 0.6) is 0 Å². The quantitative estimate of drug-likeness (QED) is 0.783. The first-order chi connectivity index (χ1) is 9.31. The number of hydrogen-bond donors (Lipinski definition) is 2. The van der Waals surface area contributed by atoms with Gasteiger partial charge in [0.05, 0.1) is 4.90 Å². The van der Waals surface area contributed by atoms with Gasteiger partial charge in [-0.05, 0) is 53.0 Å². The lowest BCUT2D eigenvalue weighted by Gasteiger charge is -2.14. The van der Waals surface area contributed by atoms with Gasteiger partial charge in [-0.25, -0.2) is 13.1 Å². The normalized spacial score (nSPS) is 13.4. The van der Waals surface area contributed by atoms with Gasteiger partial charge < -0.3 is 5.32 Å². The van der Waals surface area contributed by atoms with Crippen molar-refractivity contribution in [1.82, 2.24) is 10.0 Å². The Bertz CT molecular complexity index is 559. The average Bonchev–Trinajstić information content (AvgIpc) is 2.40. The standard InChI is InChI=1S/C14H23BrN2O2S/c1-5-10(2)8-17-20(18,19)13-7-12(9-16-4)6-11(3)14(13)15/h6-7,10,16-17H,5,8-9H2,1-4H3. The topological polar surface area (TPSA) is 58.2 Å². The molecule has 0 aliphatic heterocycles. The van der Waals surface area contributed by atoms with Crippen molar-refractivity contribution in [3.8, 4) is 0 Å². The van der Waals surface area contributed by atoms with Gasteiger partial charge in [0.25, 0.3) is 0 Å². The number of benzene rings is 1. The van der Waals surface area contributed by atoms with Gasteiger partial charge in [0, 0.05) is 17.6 Å². The van der Waals surface area contributed by atoms with Crippen molar-refractivity contribution in [1.29, 1.82) is 0 Å². The highest BCUT2D eigenvalue weighted by atomic mass is 79.9. The minimum absolute atomic E-state index is 0.311. The van der Waals surface area contributed by atoms with E-state index in [1.807, 2.05) is 33.9 Å². The van der Waals surface area contributed by atoms with Gasteiger partial charge in [-0.1, -0.05) is 26.3 Å². The van der Waals surface area contributed by atoms with Crippen LogP contribution in [-0.4, -0.2) is 22.0 Å². The smallest absolute Gasteiger partial charge is 0.241 e. The Morgan fingerprint density at radius 1 is 1.35 bits per heavy atom. The first-order valence-electron chi connectivity index (χ1n) is 6.75. The lowest BCUT2D eigenvalue weighted by molar-refractivity contribution is 0.528. The molecular weight excluding hydrogens is 340 g/mol. The van der Waals surface area contributed by atoms with Crippen molar-refractivity contribution in [2.24, 2.45) is 5.92 Å². The fourth-order valence-electron chi connectivity index (χ4n) is 1.78. The van der Waals surface area contributed by atoms with E-state index in [1.54, 1.807) is 6.07 Å². The predicted molar refractivity (Wildman–Crippen MR) is 86.3 cm³/mol. The first kappa shape index (κ1) is 17.6. The molecule has 1 aromatic rings. The Morgan fingerprint density at radius 2 is 2.00 bits per heavy atom. The zero-order valence-electron chi connectivity index (χ0n) is 12.5. The molecule has 0 spiro atoms. The van der Waals surface area contributed by atoms with Crippen LogP contribution in [0, 0.1) is 12.8 Å². The molecule has 0 aromatic heterocycles. The third kappa shape index (κ3) is 4.55. The largest absolute Gasteiger partial charge is 0.316 e. The Hall–Kier alpha value is -0.430. The van der Waals surface area contributed by atoms with E-state index in [-0.39, 0.29) is 0 Å². The molecule has 0 saturated carbocycles. The molecule has 20 heavy (non-hydrogen) atoms. The van der Waals surface area contributed by atoms with Gasteiger partial charge >= 0.3 is 0 Å². The molecule has 0 radical (unpaired) electrons. The van der Waals surface area contributed by atoms with E-state index in [9.17, 15) is 8.42 Å². The Labute approximate surface area is 130 Å². The van der Waals surface area contributed by atoms with Crippen LogP contribution < -0.4 is 10.0 Å². The molecule has 4 nitrogen and oxygen atoms in total. The first-order valence-corrected chi connectivity index (χ1v) is 9.02. The second kappa shape index (κ2) is 7.54. The SMILES string of the molecule is CCC(C)CNS(=O)(=O)c1cc(CNC)cc(C)c1Br. The number of aryl methyl sites for hydroxylation is 1. The summed E-state index contributed by atoms with van der Waals surface area (Å²) in [7, 11) is -1.64. The molecule has 1 aromatic carbocycles. The van der Waals surface area contributed by atoms with Crippen LogP contribution in [0.2, 0.25) is 0 Å². The molecule has 0 heterocycles. The van der Waals surface area contributed by atoms with Crippen molar-refractivity contribution in [3.63, 3.8) is 0 Å². The summed E-state index contributed by atoms with van der Waals surface area (Å²) in [4.78, 5) is 0.311. The van der Waals surface area contributed by atoms with Gasteiger partial charge in [-0.3, -0.25) is 0 Å². The van der Waals surface area contributed by atoms with E-state index in [0.29, 0.717) is 28.4 Å². The van der Waals surface area contributed by atoms with Gasteiger partial charge in [0.2, 0.25) is 10.0 Å². The minimum atomic E-state index is -3.48. The van der Waals surface area contributed by atoms with E-state index >= 15 is 0 Å². The number of hydrogen-bond acceptors (Lipinski definition) is 3. The van der Waals surface area contributed by atoms with Crippen molar-refractivity contribution in [3.05, 3.63) is 27.7 Å². The molecular formula is C14H23BrN2O2S. The third-order valence-electron chi connectivity index (χ3n) is 3.27.